The predicted molar refractivity (Wildman–Crippen MR) is 110 cm³/mol. The summed E-state index contributed by atoms with van der Waals surface area (Å²) < 4.78 is 11.0. The number of benzene rings is 2. The number of carbonyl (C=O) groups is 2. The summed E-state index contributed by atoms with van der Waals surface area (Å²) in [6.07, 6.45) is 0. The van der Waals surface area contributed by atoms with Gasteiger partial charge in [0.2, 0.25) is 11.8 Å². The lowest BCUT2D eigenvalue weighted by Crippen LogP contribution is -2.18. The molecule has 0 atom stereocenters. The first kappa shape index (κ1) is 20.6. The maximum Gasteiger partial charge on any atom is 0.234 e. The quantitative estimate of drug-likeness (QED) is 0.647. The average molecular weight is 388 g/mol. The number of nitrogens with one attached hydrogen (secondary N) is 2. The van der Waals surface area contributed by atoms with Crippen LogP contribution in [0.25, 0.3) is 0 Å². The van der Waals surface area contributed by atoms with Gasteiger partial charge in [-0.3, -0.25) is 9.59 Å². The number of hydrogen-bond donors (Lipinski definition) is 2. The Morgan fingerprint density at radius 1 is 0.889 bits per heavy atom. The number of para-hydroxylation sites is 1. The first-order chi connectivity index (χ1) is 13.1. The van der Waals surface area contributed by atoms with E-state index in [4.69, 9.17) is 9.47 Å². The third-order valence-electron chi connectivity index (χ3n) is 3.36. The van der Waals surface area contributed by atoms with Crippen molar-refractivity contribution in [2.24, 2.45) is 0 Å². The second kappa shape index (κ2) is 11.1. The highest BCUT2D eigenvalue weighted by Gasteiger charge is 2.11. The number of hydrogen-bond acceptors (Lipinski definition) is 5. The van der Waals surface area contributed by atoms with E-state index in [1.165, 1.54) is 11.8 Å². The fourth-order valence-corrected chi connectivity index (χ4v) is 2.90. The molecule has 6 nitrogen and oxygen atoms in total. The topological polar surface area (TPSA) is 76.7 Å². The van der Waals surface area contributed by atoms with E-state index in [1.807, 2.05) is 44.2 Å². The van der Waals surface area contributed by atoms with Gasteiger partial charge in [-0.1, -0.05) is 18.2 Å². The van der Waals surface area contributed by atoms with Gasteiger partial charge >= 0.3 is 0 Å². The molecule has 0 saturated heterocycles. The van der Waals surface area contributed by atoms with Gasteiger partial charge in [0.25, 0.3) is 0 Å². The second-order valence-electron chi connectivity index (χ2n) is 5.48. The molecule has 144 valence electrons. The fourth-order valence-electron chi connectivity index (χ4n) is 2.29. The molecule has 2 rings (SSSR count). The molecule has 0 radical (unpaired) electrons. The predicted octanol–water partition coefficient (Wildman–Crippen LogP) is 3.79. The molecule has 2 N–H and O–H groups in total. The van der Waals surface area contributed by atoms with Gasteiger partial charge in [0, 0.05) is 11.8 Å². The lowest BCUT2D eigenvalue weighted by atomic mass is 10.2. The van der Waals surface area contributed by atoms with Crippen LogP contribution in [0.1, 0.15) is 13.8 Å². The molecule has 0 bridgehead atoms. The van der Waals surface area contributed by atoms with E-state index in [-0.39, 0.29) is 23.3 Å². The van der Waals surface area contributed by atoms with Crippen molar-refractivity contribution in [1.29, 1.82) is 0 Å². The van der Waals surface area contributed by atoms with E-state index >= 15 is 0 Å². The molecular weight excluding hydrogens is 364 g/mol. The smallest absolute Gasteiger partial charge is 0.234 e. The van der Waals surface area contributed by atoms with Gasteiger partial charge in [-0.25, -0.2) is 0 Å². The van der Waals surface area contributed by atoms with Crippen molar-refractivity contribution < 1.29 is 19.1 Å². The summed E-state index contributed by atoms with van der Waals surface area (Å²) in [7, 11) is 0. The molecule has 0 aliphatic rings. The summed E-state index contributed by atoms with van der Waals surface area (Å²) in [6.45, 7) is 4.80. The highest BCUT2D eigenvalue weighted by atomic mass is 32.2. The first-order valence-electron chi connectivity index (χ1n) is 8.74. The van der Waals surface area contributed by atoms with Crippen molar-refractivity contribution in [2.45, 2.75) is 13.8 Å². The number of carbonyl (C=O) groups excluding carboxylic acids is 2. The van der Waals surface area contributed by atoms with Crippen molar-refractivity contribution in [3.05, 3.63) is 48.5 Å². The molecule has 0 saturated carbocycles. The minimum Gasteiger partial charge on any atom is -0.494 e. The zero-order valence-electron chi connectivity index (χ0n) is 15.5. The minimum atomic E-state index is -0.206. The monoisotopic (exact) mass is 388 g/mol. The molecule has 0 aliphatic heterocycles. The van der Waals surface area contributed by atoms with Crippen LogP contribution in [-0.2, 0) is 9.59 Å². The third kappa shape index (κ3) is 7.22. The number of thioether (sulfide) groups is 1. The van der Waals surface area contributed by atoms with Crippen LogP contribution in [0.2, 0.25) is 0 Å². The molecule has 2 amide bonds. The van der Waals surface area contributed by atoms with E-state index in [9.17, 15) is 9.59 Å². The number of anilines is 2. The molecule has 7 heteroatoms. The maximum absolute atomic E-state index is 12.2. The molecular formula is C20H24N2O4S. The molecule has 0 unspecified atom stereocenters. The Balaban J connectivity index is 1.84. The van der Waals surface area contributed by atoms with Crippen molar-refractivity contribution in [3.63, 3.8) is 0 Å². The first-order valence-corrected chi connectivity index (χ1v) is 9.90. The number of ether oxygens (including phenoxy) is 2. The molecule has 0 aliphatic carbocycles. The molecule has 2 aromatic carbocycles. The van der Waals surface area contributed by atoms with Gasteiger partial charge in [0.05, 0.1) is 30.4 Å². The van der Waals surface area contributed by atoms with Crippen LogP contribution in [0.15, 0.2) is 48.5 Å². The van der Waals surface area contributed by atoms with Crippen LogP contribution in [-0.4, -0.2) is 36.5 Å². The Morgan fingerprint density at radius 3 is 2.22 bits per heavy atom. The summed E-state index contributed by atoms with van der Waals surface area (Å²) in [6, 6.07) is 14.5. The lowest BCUT2D eigenvalue weighted by Gasteiger charge is -2.13. The summed E-state index contributed by atoms with van der Waals surface area (Å²) in [4.78, 5) is 24.1. The van der Waals surface area contributed by atoms with E-state index < -0.39 is 0 Å². The minimum absolute atomic E-state index is 0.146. The van der Waals surface area contributed by atoms with Crippen LogP contribution >= 0.6 is 11.8 Å². The lowest BCUT2D eigenvalue weighted by molar-refractivity contribution is -0.114. The third-order valence-corrected chi connectivity index (χ3v) is 4.29. The molecule has 2 aromatic rings. The van der Waals surface area contributed by atoms with Crippen molar-refractivity contribution in [2.75, 3.05) is 35.4 Å². The second-order valence-corrected chi connectivity index (χ2v) is 6.46. The van der Waals surface area contributed by atoms with Gasteiger partial charge in [-0.05, 0) is 38.1 Å². The Kier molecular flexibility index (Phi) is 8.51. The summed E-state index contributed by atoms with van der Waals surface area (Å²) in [5.41, 5.74) is 1.30. The Labute approximate surface area is 163 Å². The highest BCUT2D eigenvalue weighted by molar-refractivity contribution is 8.00. The van der Waals surface area contributed by atoms with Crippen LogP contribution < -0.4 is 20.1 Å². The Morgan fingerprint density at radius 2 is 1.56 bits per heavy atom. The van der Waals surface area contributed by atoms with Crippen LogP contribution in [0.5, 0.6) is 11.5 Å². The van der Waals surface area contributed by atoms with Gasteiger partial charge in [0.15, 0.2) is 0 Å². The van der Waals surface area contributed by atoms with E-state index in [0.717, 1.165) is 5.69 Å². The highest BCUT2D eigenvalue weighted by Crippen LogP contribution is 2.29. The van der Waals surface area contributed by atoms with Crippen molar-refractivity contribution in [3.8, 4) is 11.5 Å². The van der Waals surface area contributed by atoms with Crippen molar-refractivity contribution in [1.82, 2.24) is 0 Å². The van der Waals surface area contributed by atoms with Gasteiger partial charge in [-0.15, -0.1) is 11.8 Å². The molecule has 0 spiro atoms. The van der Waals surface area contributed by atoms with Crippen LogP contribution in [0.4, 0.5) is 11.4 Å². The van der Waals surface area contributed by atoms with Gasteiger partial charge < -0.3 is 20.1 Å². The fraction of sp³-hybridized carbons (Fsp3) is 0.300. The van der Waals surface area contributed by atoms with E-state index in [0.29, 0.717) is 30.4 Å². The number of rotatable bonds is 10. The molecule has 0 heterocycles. The average Bonchev–Trinajstić information content (AvgIpc) is 2.65. The summed E-state index contributed by atoms with van der Waals surface area (Å²) in [5, 5.41) is 5.61. The van der Waals surface area contributed by atoms with Crippen molar-refractivity contribution >= 4 is 35.0 Å². The maximum atomic E-state index is 12.2. The SMILES string of the molecule is CCOc1ccc(OCC)c(NC(=O)CSCC(=O)Nc2ccccc2)c1. The number of amides is 2. The molecule has 27 heavy (non-hydrogen) atoms. The van der Waals surface area contributed by atoms with Gasteiger partial charge in [-0.2, -0.15) is 0 Å². The standard InChI is InChI=1S/C20H24N2O4S/c1-3-25-16-10-11-18(26-4-2)17(12-16)22-20(24)14-27-13-19(23)21-15-8-6-5-7-9-15/h5-12H,3-4,13-14H2,1-2H3,(H,21,23)(H,22,24). The normalized spacial score (nSPS) is 10.1. The Bertz CT molecular complexity index is 753. The summed E-state index contributed by atoms with van der Waals surface area (Å²) in [5.74, 6) is 1.24. The van der Waals surface area contributed by atoms with Crippen LogP contribution in [0, 0.1) is 0 Å². The van der Waals surface area contributed by atoms with E-state index in [1.54, 1.807) is 18.2 Å². The Hall–Kier alpha value is -2.67. The summed E-state index contributed by atoms with van der Waals surface area (Å²) >= 11 is 1.25. The van der Waals surface area contributed by atoms with Crippen LogP contribution in [0.3, 0.4) is 0 Å². The zero-order chi connectivity index (χ0) is 19.5. The van der Waals surface area contributed by atoms with E-state index in [2.05, 4.69) is 10.6 Å². The molecule has 0 fully saturated rings. The largest absolute Gasteiger partial charge is 0.494 e. The molecule has 0 aromatic heterocycles. The zero-order valence-corrected chi connectivity index (χ0v) is 16.3. The van der Waals surface area contributed by atoms with Gasteiger partial charge in [0.1, 0.15) is 11.5 Å².